The van der Waals surface area contributed by atoms with Gasteiger partial charge in [-0.3, -0.25) is 9.59 Å². The van der Waals surface area contributed by atoms with E-state index in [1.165, 1.54) is 19.3 Å². The van der Waals surface area contributed by atoms with Gasteiger partial charge in [-0.05, 0) is 25.0 Å². The van der Waals surface area contributed by atoms with Crippen LogP contribution in [-0.4, -0.2) is 36.8 Å². The number of hydrogen-bond donors (Lipinski definition) is 0. The molecule has 1 saturated carbocycles. The molecule has 4 heteroatoms. The van der Waals surface area contributed by atoms with E-state index in [1.807, 2.05) is 7.05 Å². The van der Waals surface area contributed by atoms with Crippen LogP contribution < -0.4 is 4.74 Å². The average molecular weight is 275 g/mol. The fourth-order valence-corrected chi connectivity index (χ4v) is 2.62. The molecule has 20 heavy (non-hydrogen) atoms. The van der Waals surface area contributed by atoms with Gasteiger partial charge < -0.3 is 9.64 Å². The van der Waals surface area contributed by atoms with Crippen molar-refractivity contribution >= 4 is 12.2 Å². The summed E-state index contributed by atoms with van der Waals surface area (Å²) in [5.74, 6) is 0.436. The Kier molecular flexibility index (Phi) is 5.16. The minimum atomic E-state index is -0.0300. The molecule has 1 amide bonds. The van der Waals surface area contributed by atoms with Crippen LogP contribution in [-0.2, 0) is 4.79 Å². The molecule has 1 aliphatic rings. The first kappa shape index (κ1) is 14.6. The van der Waals surface area contributed by atoms with Crippen molar-refractivity contribution in [1.29, 1.82) is 0 Å². The molecule has 1 aromatic rings. The summed E-state index contributed by atoms with van der Waals surface area (Å²) in [5, 5.41) is 0. The Morgan fingerprint density at radius 2 is 2.00 bits per heavy atom. The lowest BCUT2D eigenvalue weighted by atomic mass is 9.94. The Labute approximate surface area is 119 Å². The fourth-order valence-electron chi connectivity index (χ4n) is 2.62. The molecule has 0 heterocycles. The summed E-state index contributed by atoms with van der Waals surface area (Å²) in [4.78, 5) is 24.8. The topological polar surface area (TPSA) is 46.6 Å². The van der Waals surface area contributed by atoms with E-state index >= 15 is 0 Å². The second-order valence-electron chi connectivity index (χ2n) is 5.24. The van der Waals surface area contributed by atoms with Crippen molar-refractivity contribution in [2.45, 2.75) is 38.1 Å². The van der Waals surface area contributed by atoms with E-state index in [0.29, 0.717) is 17.4 Å². The van der Waals surface area contributed by atoms with Crippen LogP contribution in [0.4, 0.5) is 0 Å². The summed E-state index contributed by atoms with van der Waals surface area (Å²) in [6.45, 7) is -0.0160. The number of likely N-dealkylation sites (N-methyl/N-ethyl adjacent to an activating group) is 1. The molecule has 0 aliphatic heterocycles. The zero-order valence-corrected chi connectivity index (χ0v) is 11.9. The molecule has 0 saturated heterocycles. The van der Waals surface area contributed by atoms with Gasteiger partial charge >= 0.3 is 0 Å². The van der Waals surface area contributed by atoms with Crippen LogP contribution in [0.5, 0.6) is 5.75 Å². The molecule has 2 rings (SSSR count). The van der Waals surface area contributed by atoms with E-state index < -0.39 is 0 Å². The maximum absolute atomic E-state index is 12.1. The first-order valence-corrected chi connectivity index (χ1v) is 7.15. The van der Waals surface area contributed by atoms with Crippen molar-refractivity contribution in [3.63, 3.8) is 0 Å². The first-order valence-electron chi connectivity index (χ1n) is 7.15. The number of benzene rings is 1. The zero-order chi connectivity index (χ0) is 14.4. The van der Waals surface area contributed by atoms with E-state index in [9.17, 15) is 9.59 Å². The molecular formula is C16H21NO3. The highest BCUT2D eigenvalue weighted by Crippen LogP contribution is 2.22. The van der Waals surface area contributed by atoms with E-state index in [2.05, 4.69) is 0 Å². The minimum Gasteiger partial charge on any atom is -0.483 e. The molecular weight excluding hydrogens is 254 g/mol. The Bertz CT molecular complexity index is 467. The number of nitrogens with zero attached hydrogens (tertiary/aromatic N) is 1. The number of amides is 1. The van der Waals surface area contributed by atoms with Crippen LogP contribution in [0.1, 0.15) is 42.5 Å². The van der Waals surface area contributed by atoms with E-state index in [1.54, 1.807) is 29.2 Å². The SMILES string of the molecule is CN(C(=O)COc1ccccc1C=O)C1CCCCC1. The third-order valence-corrected chi connectivity index (χ3v) is 3.91. The molecule has 4 nitrogen and oxygen atoms in total. The van der Waals surface area contributed by atoms with Gasteiger partial charge in [-0.1, -0.05) is 31.4 Å². The van der Waals surface area contributed by atoms with Gasteiger partial charge in [0, 0.05) is 13.1 Å². The summed E-state index contributed by atoms with van der Waals surface area (Å²) in [6.07, 6.45) is 6.54. The second-order valence-corrected chi connectivity index (χ2v) is 5.24. The van der Waals surface area contributed by atoms with Gasteiger partial charge in [-0.15, -0.1) is 0 Å². The van der Waals surface area contributed by atoms with Crippen molar-refractivity contribution in [2.75, 3.05) is 13.7 Å². The van der Waals surface area contributed by atoms with Crippen molar-refractivity contribution in [3.8, 4) is 5.75 Å². The van der Waals surface area contributed by atoms with Crippen molar-refractivity contribution in [3.05, 3.63) is 29.8 Å². The van der Waals surface area contributed by atoms with Gasteiger partial charge in [0.05, 0.1) is 5.56 Å². The molecule has 108 valence electrons. The Morgan fingerprint density at radius 1 is 1.30 bits per heavy atom. The Morgan fingerprint density at radius 3 is 2.70 bits per heavy atom. The highest BCUT2D eigenvalue weighted by Gasteiger charge is 2.22. The first-order chi connectivity index (χ1) is 9.72. The lowest BCUT2D eigenvalue weighted by Crippen LogP contribution is -2.40. The quantitative estimate of drug-likeness (QED) is 0.776. The summed E-state index contributed by atoms with van der Waals surface area (Å²) in [5.41, 5.74) is 0.473. The number of ether oxygens (including phenoxy) is 1. The lowest BCUT2D eigenvalue weighted by Gasteiger charge is -2.31. The molecule has 0 unspecified atom stereocenters. The predicted octanol–water partition coefficient (Wildman–Crippen LogP) is 2.67. The largest absolute Gasteiger partial charge is 0.483 e. The van der Waals surface area contributed by atoms with E-state index in [4.69, 9.17) is 4.74 Å². The third kappa shape index (κ3) is 3.59. The summed E-state index contributed by atoms with van der Waals surface area (Å²) >= 11 is 0. The fraction of sp³-hybridized carbons (Fsp3) is 0.500. The molecule has 0 radical (unpaired) electrons. The normalized spacial score (nSPS) is 15.7. The predicted molar refractivity (Wildman–Crippen MR) is 77.0 cm³/mol. The molecule has 1 fully saturated rings. The second kappa shape index (κ2) is 7.08. The summed E-state index contributed by atoms with van der Waals surface area (Å²) in [7, 11) is 1.84. The van der Waals surface area contributed by atoms with Gasteiger partial charge in [-0.25, -0.2) is 0 Å². The van der Waals surface area contributed by atoms with E-state index in [0.717, 1.165) is 19.1 Å². The monoisotopic (exact) mass is 275 g/mol. The number of carbonyl (C=O) groups is 2. The van der Waals surface area contributed by atoms with Gasteiger partial charge in [-0.2, -0.15) is 0 Å². The summed E-state index contributed by atoms with van der Waals surface area (Å²) < 4.78 is 5.48. The van der Waals surface area contributed by atoms with Crippen LogP contribution in [0.15, 0.2) is 24.3 Å². The molecule has 0 bridgehead atoms. The standard InChI is InChI=1S/C16H21NO3/c1-17(14-8-3-2-4-9-14)16(19)12-20-15-10-6-5-7-13(15)11-18/h5-7,10-11,14H,2-4,8-9,12H2,1H3. The zero-order valence-electron chi connectivity index (χ0n) is 11.9. The van der Waals surface area contributed by atoms with Crippen LogP contribution in [0.3, 0.4) is 0 Å². The summed E-state index contributed by atoms with van der Waals surface area (Å²) in [6, 6.07) is 7.28. The molecule has 1 aromatic carbocycles. The number of hydrogen-bond acceptors (Lipinski definition) is 3. The Balaban J connectivity index is 1.89. The number of rotatable bonds is 5. The van der Waals surface area contributed by atoms with Crippen LogP contribution >= 0.6 is 0 Å². The van der Waals surface area contributed by atoms with Crippen LogP contribution in [0.25, 0.3) is 0 Å². The maximum Gasteiger partial charge on any atom is 0.260 e. The number of para-hydroxylation sites is 1. The van der Waals surface area contributed by atoms with Crippen LogP contribution in [0, 0.1) is 0 Å². The lowest BCUT2D eigenvalue weighted by molar-refractivity contribution is -0.134. The van der Waals surface area contributed by atoms with Gasteiger partial charge in [0.15, 0.2) is 12.9 Å². The van der Waals surface area contributed by atoms with Gasteiger partial charge in [0.25, 0.3) is 5.91 Å². The number of aldehydes is 1. The van der Waals surface area contributed by atoms with E-state index in [-0.39, 0.29) is 12.5 Å². The molecule has 0 atom stereocenters. The highest BCUT2D eigenvalue weighted by atomic mass is 16.5. The molecule has 1 aliphatic carbocycles. The van der Waals surface area contributed by atoms with Crippen molar-refractivity contribution in [2.24, 2.45) is 0 Å². The highest BCUT2D eigenvalue weighted by molar-refractivity contribution is 5.80. The van der Waals surface area contributed by atoms with Gasteiger partial charge in [0.2, 0.25) is 0 Å². The Hall–Kier alpha value is -1.84. The third-order valence-electron chi connectivity index (χ3n) is 3.91. The van der Waals surface area contributed by atoms with Gasteiger partial charge in [0.1, 0.15) is 5.75 Å². The van der Waals surface area contributed by atoms with Crippen LogP contribution in [0.2, 0.25) is 0 Å². The number of carbonyl (C=O) groups excluding carboxylic acids is 2. The molecule has 0 spiro atoms. The molecule has 0 N–H and O–H groups in total. The average Bonchev–Trinajstić information content (AvgIpc) is 2.53. The molecule has 0 aromatic heterocycles. The smallest absolute Gasteiger partial charge is 0.260 e. The van der Waals surface area contributed by atoms with Crippen molar-refractivity contribution in [1.82, 2.24) is 4.90 Å². The maximum atomic E-state index is 12.1. The minimum absolute atomic E-state index is 0.0160. The van der Waals surface area contributed by atoms with Crippen molar-refractivity contribution < 1.29 is 14.3 Å².